The first-order valence-electron chi connectivity index (χ1n) is 3.59. The van der Waals surface area contributed by atoms with Gasteiger partial charge in [0.05, 0.1) is 12.0 Å². The van der Waals surface area contributed by atoms with Crippen LogP contribution in [0.2, 0.25) is 0 Å². The molecule has 0 atom stereocenters. The molecule has 4 nitrogen and oxygen atoms in total. The van der Waals surface area contributed by atoms with Crippen molar-refractivity contribution in [2.24, 2.45) is 4.99 Å². The molecule has 0 saturated heterocycles. The van der Waals surface area contributed by atoms with E-state index in [1.165, 1.54) is 11.2 Å². The zero-order valence-corrected chi connectivity index (χ0v) is 7.11. The summed E-state index contributed by atoms with van der Waals surface area (Å²) in [5.74, 6) is 0. The molecule has 1 aromatic heterocycles. The van der Waals surface area contributed by atoms with Crippen molar-refractivity contribution in [2.75, 3.05) is 7.05 Å². The number of rotatable bonds is 3. The molecule has 0 fully saturated rings. The third kappa shape index (κ3) is 1.95. The van der Waals surface area contributed by atoms with E-state index in [0.29, 0.717) is 6.41 Å². The Kier molecular flexibility index (Phi) is 2.63. The minimum atomic E-state index is 0.700. The van der Waals surface area contributed by atoms with E-state index in [0.717, 1.165) is 11.3 Å². The molecule has 0 bridgehead atoms. The van der Waals surface area contributed by atoms with Crippen LogP contribution in [0.1, 0.15) is 5.56 Å². The Hall–Kier alpha value is -1.58. The first-order valence-corrected chi connectivity index (χ1v) is 3.59. The van der Waals surface area contributed by atoms with E-state index in [9.17, 15) is 4.79 Å². The summed E-state index contributed by atoms with van der Waals surface area (Å²) in [6.45, 7) is 1.95. The van der Waals surface area contributed by atoms with Gasteiger partial charge in [-0.25, -0.2) is 4.99 Å². The van der Waals surface area contributed by atoms with E-state index in [2.05, 4.69) is 9.98 Å². The Balaban J connectivity index is 2.69. The number of nitrogens with one attached hydrogen (secondary N) is 1. The molecule has 0 radical (unpaired) electrons. The van der Waals surface area contributed by atoms with E-state index in [1.54, 1.807) is 13.2 Å². The van der Waals surface area contributed by atoms with E-state index in [1.807, 2.05) is 13.1 Å². The molecule has 1 N–H and O–H groups in total. The Morgan fingerprint density at radius 2 is 2.33 bits per heavy atom. The van der Waals surface area contributed by atoms with E-state index < -0.39 is 0 Å². The van der Waals surface area contributed by atoms with Gasteiger partial charge in [-0.05, 0) is 12.5 Å². The largest absolute Gasteiger partial charge is 0.365 e. The maximum Gasteiger partial charge on any atom is 0.214 e. The second-order valence-corrected chi connectivity index (χ2v) is 2.54. The molecule has 1 aromatic rings. The molecular formula is C8H11N3O. The summed E-state index contributed by atoms with van der Waals surface area (Å²) in [4.78, 5) is 18.5. The zero-order chi connectivity index (χ0) is 8.97. The predicted octanol–water partition coefficient (Wildman–Crippen LogP) is 1.07. The molecule has 0 unspecified atom stereocenters. The second-order valence-electron chi connectivity index (χ2n) is 2.54. The van der Waals surface area contributed by atoms with Gasteiger partial charge in [-0.15, -0.1) is 0 Å². The van der Waals surface area contributed by atoms with Gasteiger partial charge in [0, 0.05) is 19.4 Å². The van der Waals surface area contributed by atoms with Crippen molar-refractivity contribution in [3.63, 3.8) is 0 Å². The fourth-order valence-corrected chi connectivity index (χ4v) is 0.753. The standard InChI is InChI=1S/C8H11N3O/c1-7-3-9-4-8(7)10-5-11(2)6-12/h3-6,9H,1-2H3/b10-5-. The monoisotopic (exact) mass is 165 g/mol. The van der Waals surface area contributed by atoms with Crippen LogP contribution in [0.5, 0.6) is 0 Å². The lowest BCUT2D eigenvalue weighted by atomic mass is 10.3. The van der Waals surface area contributed by atoms with Crippen molar-refractivity contribution < 1.29 is 4.79 Å². The van der Waals surface area contributed by atoms with E-state index >= 15 is 0 Å². The number of aliphatic imine (C=N–C) groups is 1. The minimum Gasteiger partial charge on any atom is -0.365 e. The SMILES string of the molecule is Cc1c[nH]cc1/N=C\N(C)C=O. The lowest BCUT2D eigenvalue weighted by molar-refractivity contribution is -0.113. The molecule has 0 aromatic carbocycles. The van der Waals surface area contributed by atoms with Crippen molar-refractivity contribution in [1.82, 2.24) is 9.88 Å². The normalized spacial score (nSPS) is 10.5. The van der Waals surface area contributed by atoms with Gasteiger partial charge < -0.3 is 9.88 Å². The van der Waals surface area contributed by atoms with Gasteiger partial charge in [-0.1, -0.05) is 0 Å². The van der Waals surface area contributed by atoms with Crippen molar-refractivity contribution in [3.05, 3.63) is 18.0 Å². The lowest BCUT2D eigenvalue weighted by Gasteiger charge is -1.99. The molecule has 1 heterocycles. The first kappa shape index (κ1) is 8.52. The van der Waals surface area contributed by atoms with Crippen LogP contribution in [0.4, 0.5) is 5.69 Å². The maximum atomic E-state index is 10.2. The number of carbonyl (C=O) groups excluding carboxylic acids is 1. The van der Waals surface area contributed by atoms with Crippen LogP contribution < -0.4 is 0 Å². The topological polar surface area (TPSA) is 48.5 Å². The van der Waals surface area contributed by atoms with Crippen LogP contribution in [0.25, 0.3) is 0 Å². The van der Waals surface area contributed by atoms with Gasteiger partial charge in [0.15, 0.2) is 0 Å². The summed E-state index contributed by atoms with van der Waals surface area (Å²) in [6.07, 6.45) is 5.81. The molecule has 1 rings (SSSR count). The fraction of sp³-hybridized carbons (Fsp3) is 0.250. The summed E-state index contributed by atoms with van der Waals surface area (Å²) in [6, 6.07) is 0. The number of carbonyl (C=O) groups is 1. The van der Waals surface area contributed by atoms with Gasteiger partial charge in [-0.3, -0.25) is 4.79 Å². The molecule has 0 aliphatic rings. The number of H-pyrrole nitrogens is 1. The highest BCUT2D eigenvalue weighted by molar-refractivity contribution is 5.74. The smallest absolute Gasteiger partial charge is 0.214 e. The van der Waals surface area contributed by atoms with Crippen molar-refractivity contribution in [1.29, 1.82) is 0 Å². The number of nitrogens with zero attached hydrogens (tertiary/aromatic N) is 2. The van der Waals surface area contributed by atoms with Gasteiger partial charge in [0.2, 0.25) is 6.41 Å². The third-order valence-corrected chi connectivity index (χ3v) is 1.47. The maximum absolute atomic E-state index is 10.2. The average molecular weight is 165 g/mol. The number of aryl methyl sites for hydroxylation is 1. The molecule has 64 valence electrons. The summed E-state index contributed by atoms with van der Waals surface area (Å²) < 4.78 is 0. The number of hydrogen-bond acceptors (Lipinski definition) is 2. The number of aromatic nitrogens is 1. The quantitative estimate of drug-likeness (QED) is 0.406. The molecular weight excluding hydrogens is 154 g/mol. The lowest BCUT2D eigenvalue weighted by Crippen LogP contribution is -2.12. The predicted molar refractivity (Wildman–Crippen MR) is 47.5 cm³/mol. The molecule has 0 aliphatic carbocycles. The van der Waals surface area contributed by atoms with Crippen LogP contribution in [0.3, 0.4) is 0 Å². The molecule has 4 heteroatoms. The van der Waals surface area contributed by atoms with E-state index in [4.69, 9.17) is 0 Å². The fourth-order valence-electron chi connectivity index (χ4n) is 0.753. The van der Waals surface area contributed by atoms with Crippen molar-refractivity contribution in [2.45, 2.75) is 6.92 Å². The summed E-state index contributed by atoms with van der Waals surface area (Å²) in [7, 11) is 1.64. The molecule has 12 heavy (non-hydrogen) atoms. The molecule has 1 amide bonds. The zero-order valence-electron chi connectivity index (χ0n) is 7.11. The van der Waals surface area contributed by atoms with Crippen LogP contribution in [0.15, 0.2) is 17.4 Å². The average Bonchev–Trinajstić information content (AvgIpc) is 2.47. The van der Waals surface area contributed by atoms with Crippen LogP contribution in [-0.4, -0.2) is 29.7 Å². The third-order valence-electron chi connectivity index (χ3n) is 1.47. The highest BCUT2D eigenvalue weighted by atomic mass is 16.1. The van der Waals surface area contributed by atoms with Crippen LogP contribution in [0, 0.1) is 6.92 Å². The molecule has 0 spiro atoms. The summed E-state index contributed by atoms with van der Waals surface area (Å²) in [5.41, 5.74) is 1.91. The van der Waals surface area contributed by atoms with Crippen LogP contribution >= 0.6 is 0 Å². The molecule has 0 aliphatic heterocycles. The Morgan fingerprint density at radius 1 is 1.58 bits per heavy atom. The van der Waals surface area contributed by atoms with Crippen LogP contribution in [-0.2, 0) is 4.79 Å². The molecule has 0 saturated carbocycles. The second kappa shape index (κ2) is 3.71. The van der Waals surface area contributed by atoms with Gasteiger partial charge in [-0.2, -0.15) is 0 Å². The van der Waals surface area contributed by atoms with Gasteiger partial charge in [0.1, 0.15) is 0 Å². The first-order chi connectivity index (χ1) is 5.74. The number of aromatic amines is 1. The van der Waals surface area contributed by atoms with E-state index in [-0.39, 0.29) is 0 Å². The Labute approximate surface area is 70.9 Å². The minimum absolute atomic E-state index is 0.700. The Bertz CT molecular complexity index is 290. The Morgan fingerprint density at radius 3 is 2.83 bits per heavy atom. The summed E-state index contributed by atoms with van der Waals surface area (Å²) in [5, 5.41) is 0. The highest BCUT2D eigenvalue weighted by Gasteiger charge is 1.94. The number of amides is 1. The highest BCUT2D eigenvalue weighted by Crippen LogP contribution is 2.15. The van der Waals surface area contributed by atoms with Crippen molar-refractivity contribution in [3.8, 4) is 0 Å². The van der Waals surface area contributed by atoms with Gasteiger partial charge >= 0.3 is 0 Å². The van der Waals surface area contributed by atoms with Crippen molar-refractivity contribution >= 4 is 18.4 Å². The summed E-state index contributed by atoms with van der Waals surface area (Å²) >= 11 is 0. The van der Waals surface area contributed by atoms with Gasteiger partial charge in [0.25, 0.3) is 0 Å². The number of hydrogen-bond donors (Lipinski definition) is 1.